The van der Waals surface area contributed by atoms with Gasteiger partial charge in [0.05, 0.1) is 5.02 Å². The summed E-state index contributed by atoms with van der Waals surface area (Å²) in [7, 11) is -3.75. The van der Waals surface area contributed by atoms with Crippen LogP contribution in [0.15, 0.2) is 22.7 Å². The van der Waals surface area contributed by atoms with E-state index in [1.807, 2.05) is 6.92 Å². The van der Waals surface area contributed by atoms with E-state index in [9.17, 15) is 8.42 Å². The molecule has 0 fully saturated rings. The zero-order chi connectivity index (χ0) is 13.9. The highest BCUT2D eigenvalue weighted by molar-refractivity contribution is 7.93. The minimum Gasteiger partial charge on any atom is -0.369 e. The zero-order valence-electron chi connectivity index (χ0n) is 9.79. The molecule has 0 aliphatic carbocycles. The summed E-state index contributed by atoms with van der Waals surface area (Å²) in [4.78, 5) is 3.94. The van der Waals surface area contributed by atoms with Gasteiger partial charge in [-0.1, -0.05) is 22.9 Å². The average Bonchev–Trinajstić information content (AvgIpc) is 2.84. The molecule has 0 spiro atoms. The molecule has 2 N–H and O–H groups in total. The Morgan fingerprint density at radius 2 is 2.26 bits per heavy atom. The van der Waals surface area contributed by atoms with E-state index in [1.54, 1.807) is 0 Å². The molecule has 10 heteroatoms. The van der Waals surface area contributed by atoms with E-state index in [2.05, 4.69) is 25.2 Å². The van der Waals surface area contributed by atoms with Crippen molar-refractivity contribution in [2.24, 2.45) is 0 Å². The molecule has 102 valence electrons. The number of rotatable bonds is 5. The summed E-state index contributed by atoms with van der Waals surface area (Å²) in [5.41, 5.74) is 1.43. The smallest absolute Gasteiger partial charge is 0.265 e. The number of hydrogen-bond donors (Lipinski definition) is 2. The Labute approximate surface area is 119 Å². The highest BCUT2D eigenvalue weighted by Crippen LogP contribution is 2.24. The molecule has 0 aliphatic rings. The van der Waals surface area contributed by atoms with Crippen molar-refractivity contribution in [3.63, 3.8) is 0 Å². The maximum atomic E-state index is 12.0. The summed E-state index contributed by atoms with van der Waals surface area (Å²) >= 11 is 7.04. The van der Waals surface area contributed by atoms with Gasteiger partial charge in [0.25, 0.3) is 10.0 Å². The van der Waals surface area contributed by atoms with Crippen LogP contribution < -0.4 is 10.0 Å². The van der Waals surface area contributed by atoms with Crippen molar-refractivity contribution in [3.05, 3.63) is 22.8 Å². The monoisotopic (exact) mass is 319 g/mol. The Morgan fingerprint density at radius 1 is 1.47 bits per heavy atom. The highest BCUT2D eigenvalue weighted by atomic mass is 35.5. The van der Waals surface area contributed by atoms with Crippen LogP contribution in [-0.2, 0) is 10.0 Å². The van der Waals surface area contributed by atoms with Gasteiger partial charge in [-0.3, -0.25) is 4.72 Å². The first kappa shape index (κ1) is 14.0. The number of nitrogens with zero attached hydrogens (tertiary/aromatic N) is 3. The summed E-state index contributed by atoms with van der Waals surface area (Å²) in [6, 6.07) is 1.33. The Morgan fingerprint density at radius 3 is 2.84 bits per heavy atom. The van der Waals surface area contributed by atoms with Gasteiger partial charge in [0.15, 0.2) is 0 Å². The second kappa shape index (κ2) is 5.68. The van der Waals surface area contributed by atoms with Crippen molar-refractivity contribution in [3.8, 4) is 0 Å². The number of hydrogen-bond acceptors (Lipinski definition) is 7. The topological polar surface area (TPSA) is 96.9 Å². The van der Waals surface area contributed by atoms with Crippen molar-refractivity contribution in [2.75, 3.05) is 16.6 Å². The molecule has 2 heterocycles. The molecule has 0 aromatic carbocycles. The van der Waals surface area contributed by atoms with Crippen molar-refractivity contribution in [2.45, 2.75) is 11.8 Å². The zero-order valence-corrected chi connectivity index (χ0v) is 12.2. The Hall–Kier alpha value is -1.45. The number of nitrogens with one attached hydrogen (secondary N) is 2. The first-order valence-electron chi connectivity index (χ1n) is 5.21. The first-order valence-corrected chi connectivity index (χ1v) is 7.95. The number of aromatic nitrogens is 3. The van der Waals surface area contributed by atoms with Crippen LogP contribution in [0.5, 0.6) is 0 Å². The van der Waals surface area contributed by atoms with Crippen molar-refractivity contribution in [1.29, 1.82) is 0 Å². The van der Waals surface area contributed by atoms with Crippen LogP contribution in [0.1, 0.15) is 6.92 Å². The maximum absolute atomic E-state index is 12.0. The molecule has 0 saturated heterocycles. The molecule has 2 rings (SSSR count). The van der Waals surface area contributed by atoms with E-state index < -0.39 is 10.0 Å². The summed E-state index contributed by atoms with van der Waals surface area (Å²) < 4.78 is 26.4. The fourth-order valence-electron chi connectivity index (χ4n) is 1.26. The minimum absolute atomic E-state index is 0.0330. The van der Waals surface area contributed by atoms with Crippen LogP contribution in [0, 0.1) is 0 Å². The molecule has 0 aliphatic heterocycles. The third kappa shape index (κ3) is 3.31. The molecule has 7 nitrogen and oxygen atoms in total. The van der Waals surface area contributed by atoms with Crippen LogP contribution in [0.25, 0.3) is 0 Å². The van der Waals surface area contributed by atoms with Gasteiger partial charge < -0.3 is 5.32 Å². The molecule has 0 unspecified atom stereocenters. The van der Waals surface area contributed by atoms with Crippen LogP contribution in [-0.4, -0.2) is 30.1 Å². The van der Waals surface area contributed by atoms with Crippen molar-refractivity contribution >= 4 is 43.9 Å². The number of anilines is 2. The van der Waals surface area contributed by atoms with Gasteiger partial charge in [-0.15, -0.1) is 10.2 Å². The van der Waals surface area contributed by atoms with E-state index in [-0.39, 0.29) is 15.0 Å². The average molecular weight is 320 g/mol. The molecule has 0 bridgehead atoms. The van der Waals surface area contributed by atoms with Gasteiger partial charge in [-0.05, 0) is 13.0 Å². The molecule has 0 radical (unpaired) electrons. The quantitative estimate of drug-likeness (QED) is 0.872. The van der Waals surface area contributed by atoms with Gasteiger partial charge in [0.2, 0.25) is 5.13 Å². The second-order valence-corrected chi connectivity index (χ2v) is 6.30. The fraction of sp³-hybridized carbons (Fsp3) is 0.222. The maximum Gasteiger partial charge on any atom is 0.265 e. The first-order chi connectivity index (χ1) is 9.03. The minimum atomic E-state index is -3.75. The van der Waals surface area contributed by atoms with Gasteiger partial charge in [0.1, 0.15) is 16.2 Å². The molecule has 2 aromatic heterocycles. The fourth-order valence-corrected chi connectivity index (χ4v) is 3.22. The lowest BCUT2D eigenvalue weighted by Gasteiger charge is -2.08. The van der Waals surface area contributed by atoms with Crippen LogP contribution in [0.4, 0.5) is 10.9 Å². The number of pyridine rings is 1. The van der Waals surface area contributed by atoms with Crippen molar-refractivity contribution < 1.29 is 8.42 Å². The molecule has 19 heavy (non-hydrogen) atoms. The van der Waals surface area contributed by atoms with Crippen LogP contribution in [0.2, 0.25) is 5.02 Å². The van der Waals surface area contributed by atoms with E-state index in [0.29, 0.717) is 12.4 Å². The van der Waals surface area contributed by atoms with Gasteiger partial charge in [-0.2, -0.15) is 0 Å². The SMILES string of the molecule is CCNc1ncc(S(=O)(=O)Nc2nncs2)cc1Cl. The summed E-state index contributed by atoms with van der Waals surface area (Å²) in [6.45, 7) is 2.53. The second-order valence-electron chi connectivity index (χ2n) is 3.38. The Bertz CT molecular complexity index is 659. The highest BCUT2D eigenvalue weighted by Gasteiger charge is 2.18. The molecular weight excluding hydrogens is 310 g/mol. The summed E-state index contributed by atoms with van der Waals surface area (Å²) in [5, 5.41) is 10.5. The Kier molecular flexibility index (Phi) is 4.17. The third-order valence-electron chi connectivity index (χ3n) is 2.05. The predicted molar refractivity (Wildman–Crippen MR) is 74.1 cm³/mol. The van der Waals surface area contributed by atoms with E-state index in [1.165, 1.54) is 17.8 Å². The van der Waals surface area contributed by atoms with E-state index in [0.717, 1.165) is 11.3 Å². The standard InChI is InChI=1S/C9H10ClN5O2S2/c1-2-11-8-7(10)3-6(4-12-8)19(16,17)15-9-14-13-5-18-9/h3-5H,2H2,1H3,(H,11,12)(H,14,15). The summed E-state index contributed by atoms with van der Waals surface area (Å²) in [5.74, 6) is 0.444. The largest absolute Gasteiger partial charge is 0.369 e. The normalized spacial score (nSPS) is 11.3. The van der Waals surface area contributed by atoms with E-state index in [4.69, 9.17) is 11.6 Å². The van der Waals surface area contributed by atoms with Crippen molar-refractivity contribution in [1.82, 2.24) is 15.2 Å². The predicted octanol–water partition coefficient (Wildman–Crippen LogP) is 1.82. The van der Waals surface area contributed by atoms with Gasteiger partial charge in [-0.25, -0.2) is 13.4 Å². The molecule has 0 atom stereocenters. The van der Waals surface area contributed by atoms with E-state index >= 15 is 0 Å². The number of sulfonamides is 1. The molecule has 2 aromatic rings. The lowest BCUT2D eigenvalue weighted by molar-refractivity contribution is 0.600. The molecule has 0 amide bonds. The van der Waals surface area contributed by atoms with Gasteiger partial charge in [0, 0.05) is 12.7 Å². The lowest BCUT2D eigenvalue weighted by atomic mass is 10.4. The van der Waals surface area contributed by atoms with Gasteiger partial charge >= 0.3 is 0 Å². The molecular formula is C9H10ClN5O2S2. The molecule has 0 saturated carbocycles. The van der Waals surface area contributed by atoms with Crippen LogP contribution >= 0.6 is 22.9 Å². The lowest BCUT2D eigenvalue weighted by Crippen LogP contribution is -2.13. The third-order valence-corrected chi connectivity index (χ3v) is 4.38. The Balaban J connectivity index is 2.28. The number of halogens is 1. The van der Waals surface area contributed by atoms with Crippen LogP contribution in [0.3, 0.4) is 0 Å². The summed E-state index contributed by atoms with van der Waals surface area (Å²) in [6.07, 6.45) is 1.23.